The van der Waals surface area contributed by atoms with Gasteiger partial charge in [-0.25, -0.2) is 0 Å². The van der Waals surface area contributed by atoms with Crippen LogP contribution in [0.1, 0.15) is 29.8 Å². The largest absolute Gasteiger partial charge is 0.392 e. The van der Waals surface area contributed by atoms with E-state index in [0.717, 1.165) is 10.0 Å². The molecule has 1 aromatic carbocycles. The minimum absolute atomic E-state index is 0.0775. The normalized spacial score (nSPS) is 10.6. The summed E-state index contributed by atoms with van der Waals surface area (Å²) in [4.78, 5) is 11.7. The molecule has 0 saturated carbocycles. The lowest BCUT2D eigenvalue weighted by Gasteiger charge is -2.09. The number of carbonyl (C=O) groups excluding carboxylic acids is 1. The fourth-order valence-corrected chi connectivity index (χ4v) is 1.61. The summed E-state index contributed by atoms with van der Waals surface area (Å²) in [5.74, 6) is 0.326. The van der Waals surface area contributed by atoms with Gasteiger partial charge >= 0.3 is 0 Å². The second-order valence-corrected chi connectivity index (χ2v) is 4.92. The molecule has 16 heavy (non-hydrogen) atoms. The maximum absolute atomic E-state index is 11.7. The zero-order valence-electron chi connectivity index (χ0n) is 9.46. The molecule has 1 rings (SSSR count). The van der Waals surface area contributed by atoms with Crippen molar-refractivity contribution in [3.8, 4) is 0 Å². The van der Waals surface area contributed by atoms with E-state index >= 15 is 0 Å². The molecule has 4 heteroatoms. The van der Waals surface area contributed by atoms with Gasteiger partial charge in [0.15, 0.2) is 0 Å². The molecule has 88 valence electrons. The Morgan fingerprint density at radius 1 is 1.50 bits per heavy atom. The number of benzene rings is 1. The summed E-state index contributed by atoms with van der Waals surface area (Å²) in [6.07, 6.45) is 0. The smallest absolute Gasteiger partial charge is 0.251 e. The summed E-state index contributed by atoms with van der Waals surface area (Å²) < 4.78 is 0.815. The van der Waals surface area contributed by atoms with E-state index in [1.54, 1.807) is 18.2 Å². The summed E-state index contributed by atoms with van der Waals surface area (Å²) in [7, 11) is 0. The lowest BCUT2D eigenvalue weighted by molar-refractivity contribution is 0.0949. The van der Waals surface area contributed by atoms with Crippen molar-refractivity contribution in [2.75, 3.05) is 6.54 Å². The van der Waals surface area contributed by atoms with Crippen LogP contribution in [0, 0.1) is 5.92 Å². The Bertz CT molecular complexity index is 377. The Balaban J connectivity index is 2.76. The van der Waals surface area contributed by atoms with Crippen LogP contribution in [0.3, 0.4) is 0 Å². The van der Waals surface area contributed by atoms with Gasteiger partial charge < -0.3 is 10.4 Å². The average Bonchev–Trinajstić information content (AvgIpc) is 2.26. The highest BCUT2D eigenvalue weighted by Crippen LogP contribution is 2.18. The number of aliphatic hydroxyl groups excluding tert-OH is 1. The third-order valence-electron chi connectivity index (χ3n) is 2.15. The average molecular weight is 286 g/mol. The van der Waals surface area contributed by atoms with Gasteiger partial charge in [0.05, 0.1) is 6.61 Å². The molecular formula is C12H16BrNO2. The van der Waals surface area contributed by atoms with Gasteiger partial charge in [-0.05, 0) is 29.7 Å². The molecule has 0 fully saturated rings. The zero-order valence-corrected chi connectivity index (χ0v) is 11.0. The number of hydrogen-bond acceptors (Lipinski definition) is 2. The highest BCUT2D eigenvalue weighted by molar-refractivity contribution is 9.10. The third kappa shape index (κ3) is 3.61. The van der Waals surface area contributed by atoms with Gasteiger partial charge in [-0.2, -0.15) is 0 Å². The fourth-order valence-electron chi connectivity index (χ4n) is 1.24. The first-order valence-electron chi connectivity index (χ1n) is 5.22. The molecule has 0 atom stereocenters. The quantitative estimate of drug-likeness (QED) is 0.892. The summed E-state index contributed by atoms with van der Waals surface area (Å²) in [5, 5.41) is 11.9. The lowest BCUT2D eigenvalue weighted by Crippen LogP contribution is -2.27. The number of nitrogens with one attached hydrogen (secondary N) is 1. The fraction of sp³-hybridized carbons (Fsp3) is 0.417. The number of aliphatic hydroxyl groups is 1. The van der Waals surface area contributed by atoms with E-state index < -0.39 is 0 Å². The second-order valence-electron chi connectivity index (χ2n) is 4.07. The number of hydrogen-bond donors (Lipinski definition) is 2. The van der Waals surface area contributed by atoms with Crippen molar-refractivity contribution in [1.82, 2.24) is 5.32 Å². The van der Waals surface area contributed by atoms with Crippen molar-refractivity contribution in [3.05, 3.63) is 33.8 Å². The predicted molar refractivity (Wildman–Crippen MR) is 67.2 cm³/mol. The molecule has 3 nitrogen and oxygen atoms in total. The van der Waals surface area contributed by atoms with Crippen LogP contribution < -0.4 is 5.32 Å². The van der Waals surface area contributed by atoms with Crippen LogP contribution in [0.2, 0.25) is 0 Å². The molecule has 0 aromatic heterocycles. The Labute approximate surface area is 104 Å². The molecule has 0 aliphatic rings. The molecule has 0 radical (unpaired) electrons. The van der Waals surface area contributed by atoms with Crippen LogP contribution in [0.4, 0.5) is 0 Å². The lowest BCUT2D eigenvalue weighted by atomic mass is 10.1. The molecule has 0 heterocycles. The summed E-state index contributed by atoms with van der Waals surface area (Å²) in [6, 6.07) is 5.20. The maximum atomic E-state index is 11.7. The molecule has 0 unspecified atom stereocenters. The Morgan fingerprint density at radius 3 is 2.75 bits per heavy atom. The van der Waals surface area contributed by atoms with Crippen LogP contribution >= 0.6 is 15.9 Å². The zero-order chi connectivity index (χ0) is 12.1. The summed E-state index contributed by atoms with van der Waals surface area (Å²) >= 11 is 3.31. The Kier molecular flexibility index (Phi) is 4.96. The van der Waals surface area contributed by atoms with Gasteiger partial charge in [0.2, 0.25) is 0 Å². The van der Waals surface area contributed by atoms with E-state index in [2.05, 4.69) is 21.2 Å². The van der Waals surface area contributed by atoms with E-state index in [-0.39, 0.29) is 12.5 Å². The molecule has 0 saturated heterocycles. The van der Waals surface area contributed by atoms with Gasteiger partial charge in [0.1, 0.15) is 0 Å². The van der Waals surface area contributed by atoms with Crippen LogP contribution in [0.5, 0.6) is 0 Å². The molecule has 0 bridgehead atoms. The van der Waals surface area contributed by atoms with Gasteiger partial charge in [-0.15, -0.1) is 0 Å². The Hall–Kier alpha value is -0.870. The highest BCUT2D eigenvalue weighted by atomic mass is 79.9. The molecule has 0 aliphatic carbocycles. The number of amides is 1. The predicted octanol–water partition coefficient (Wildman–Crippen LogP) is 2.33. The SMILES string of the molecule is CC(C)CNC(=O)c1ccc(Br)c(CO)c1. The summed E-state index contributed by atoms with van der Waals surface area (Å²) in [5.41, 5.74) is 1.30. The first-order chi connectivity index (χ1) is 7.54. The molecular weight excluding hydrogens is 270 g/mol. The summed E-state index contributed by atoms with van der Waals surface area (Å²) in [6.45, 7) is 4.66. The highest BCUT2D eigenvalue weighted by Gasteiger charge is 2.08. The van der Waals surface area contributed by atoms with E-state index in [4.69, 9.17) is 5.11 Å². The van der Waals surface area contributed by atoms with Gasteiger partial charge in [0.25, 0.3) is 5.91 Å². The van der Waals surface area contributed by atoms with Crippen LogP contribution in [0.25, 0.3) is 0 Å². The van der Waals surface area contributed by atoms with Crippen molar-refractivity contribution in [1.29, 1.82) is 0 Å². The first kappa shape index (κ1) is 13.2. The van der Waals surface area contributed by atoms with Gasteiger partial charge in [-0.1, -0.05) is 29.8 Å². The van der Waals surface area contributed by atoms with Crippen molar-refractivity contribution in [2.45, 2.75) is 20.5 Å². The van der Waals surface area contributed by atoms with Crippen molar-refractivity contribution in [3.63, 3.8) is 0 Å². The van der Waals surface area contributed by atoms with Crippen molar-refractivity contribution >= 4 is 21.8 Å². The van der Waals surface area contributed by atoms with E-state index in [9.17, 15) is 4.79 Å². The van der Waals surface area contributed by atoms with Crippen LogP contribution in [-0.4, -0.2) is 17.6 Å². The topological polar surface area (TPSA) is 49.3 Å². The minimum atomic E-state index is -0.101. The molecule has 1 aromatic rings. The number of carbonyl (C=O) groups is 1. The van der Waals surface area contributed by atoms with Crippen molar-refractivity contribution in [2.24, 2.45) is 5.92 Å². The molecule has 2 N–H and O–H groups in total. The maximum Gasteiger partial charge on any atom is 0.251 e. The second kappa shape index (κ2) is 6.01. The monoisotopic (exact) mass is 285 g/mol. The minimum Gasteiger partial charge on any atom is -0.392 e. The number of halogens is 1. The number of rotatable bonds is 4. The van der Waals surface area contributed by atoms with E-state index in [1.807, 2.05) is 13.8 Å². The van der Waals surface area contributed by atoms with Gasteiger partial charge in [0, 0.05) is 16.6 Å². The first-order valence-corrected chi connectivity index (χ1v) is 6.01. The molecule has 0 aliphatic heterocycles. The Morgan fingerprint density at radius 2 is 2.19 bits per heavy atom. The standard InChI is InChI=1S/C12H16BrNO2/c1-8(2)6-14-12(16)9-3-4-11(13)10(5-9)7-15/h3-5,8,15H,6-7H2,1-2H3,(H,14,16). The van der Waals surface area contributed by atoms with E-state index in [0.29, 0.717) is 18.0 Å². The van der Waals surface area contributed by atoms with Gasteiger partial charge in [-0.3, -0.25) is 4.79 Å². The molecule has 0 spiro atoms. The molecule has 1 amide bonds. The van der Waals surface area contributed by atoms with Crippen LogP contribution in [0.15, 0.2) is 22.7 Å². The van der Waals surface area contributed by atoms with Crippen molar-refractivity contribution < 1.29 is 9.90 Å². The van der Waals surface area contributed by atoms with Crippen LogP contribution in [-0.2, 0) is 6.61 Å². The third-order valence-corrected chi connectivity index (χ3v) is 2.92. The van der Waals surface area contributed by atoms with E-state index in [1.165, 1.54) is 0 Å².